The van der Waals surface area contributed by atoms with Crippen LogP contribution in [0.15, 0.2) is 11.6 Å². The molecule has 0 heterocycles. The molecule has 0 aromatic carbocycles. The van der Waals surface area contributed by atoms with E-state index in [2.05, 4.69) is 26.8 Å². The van der Waals surface area contributed by atoms with E-state index in [1.165, 1.54) is 5.57 Å². The summed E-state index contributed by atoms with van der Waals surface area (Å²) in [5.74, 6) is 1.99. The zero-order valence-electron chi connectivity index (χ0n) is 26.3. The Kier molecular flexibility index (Phi) is 9.29. The van der Waals surface area contributed by atoms with Crippen molar-refractivity contribution < 1.29 is 26.5 Å². The summed E-state index contributed by atoms with van der Waals surface area (Å²) in [7, 11) is -3.41. The lowest BCUT2D eigenvalue weighted by atomic mass is 9.47. The van der Waals surface area contributed by atoms with Crippen molar-refractivity contribution in [3.05, 3.63) is 11.6 Å². The number of halogens is 1. The van der Waals surface area contributed by atoms with Crippen LogP contribution >= 0.6 is 0 Å². The third-order valence-corrected chi connectivity index (χ3v) is 12.1. The number of esters is 1. The first kappa shape index (κ1) is 32.0. The van der Waals surface area contributed by atoms with E-state index in [0.29, 0.717) is 30.1 Å². The van der Waals surface area contributed by atoms with Gasteiger partial charge in [0.15, 0.2) is 0 Å². The average Bonchev–Trinajstić information content (AvgIpc) is 3.11. The molecule has 40 heavy (non-hydrogen) atoms. The smallest absolute Gasteiger partial charge is 0.311 e. The quantitative estimate of drug-likeness (QED) is 0.157. The third kappa shape index (κ3) is 6.50. The van der Waals surface area contributed by atoms with Crippen molar-refractivity contribution in [3.63, 3.8) is 0 Å². The zero-order valence-corrected chi connectivity index (χ0v) is 27.1. The molecule has 0 radical (unpaired) electrons. The minimum atomic E-state index is -3.41. The molecular formula is C33H55FO5S. The lowest BCUT2D eigenvalue weighted by Gasteiger charge is -2.58. The summed E-state index contributed by atoms with van der Waals surface area (Å²) in [6.45, 7) is 15.1. The van der Waals surface area contributed by atoms with Gasteiger partial charge >= 0.3 is 5.97 Å². The third-order valence-electron chi connectivity index (χ3n) is 11.5. The van der Waals surface area contributed by atoms with Gasteiger partial charge in [0.1, 0.15) is 12.3 Å². The molecule has 0 aromatic rings. The topological polar surface area (TPSA) is 69.7 Å². The van der Waals surface area contributed by atoms with Gasteiger partial charge in [-0.05, 0) is 112 Å². The van der Waals surface area contributed by atoms with Gasteiger partial charge in [0.2, 0.25) is 0 Å². The minimum Gasteiger partial charge on any atom is -0.462 e. The molecule has 3 saturated carbocycles. The molecule has 0 bridgehead atoms. The normalized spacial score (nSPS) is 39.4. The summed E-state index contributed by atoms with van der Waals surface area (Å²) in [5, 5.41) is 0. The molecule has 0 aromatic heterocycles. The Labute approximate surface area is 243 Å². The van der Waals surface area contributed by atoms with Gasteiger partial charge in [-0.15, -0.1) is 0 Å². The average molecular weight is 583 g/mol. The van der Waals surface area contributed by atoms with Crippen molar-refractivity contribution in [2.45, 2.75) is 125 Å². The molecule has 230 valence electrons. The Balaban J connectivity index is 1.39. The van der Waals surface area contributed by atoms with Crippen LogP contribution in [0.4, 0.5) is 4.39 Å². The Bertz CT molecular complexity index is 1060. The lowest BCUT2D eigenvalue weighted by molar-refractivity contribution is -0.161. The fraction of sp³-hybridized carbons (Fsp3) is 0.909. The number of carbonyl (C=O) groups excluding carboxylic acids is 1. The monoisotopic (exact) mass is 582 g/mol. The van der Waals surface area contributed by atoms with Crippen LogP contribution in [0.5, 0.6) is 0 Å². The van der Waals surface area contributed by atoms with Crippen molar-refractivity contribution in [1.29, 1.82) is 0 Å². The Morgan fingerprint density at radius 3 is 2.48 bits per heavy atom. The predicted octanol–water partition coefficient (Wildman–Crippen LogP) is 7.89. The van der Waals surface area contributed by atoms with E-state index < -0.39 is 21.7 Å². The lowest BCUT2D eigenvalue weighted by Crippen LogP contribution is -2.51. The highest BCUT2D eigenvalue weighted by Gasteiger charge is 2.62. The number of hydrogen-bond acceptors (Lipinski definition) is 5. The van der Waals surface area contributed by atoms with Gasteiger partial charge in [-0.3, -0.25) is 8.98 Å². The first-order chi connectivity index (χ1) is 18.5. The number of alkyl halides is 1. The number of ether oxygens (including phenoxy) is 1. The molecule has 4 aliphatic rings. The molecule has 0 spiro atoms. The van der Waals surface area contributed by atoms with Crippen LogP contribution in [-0.4, -0.2) is 39.5 Å². The van der Waals surface area contributed by atoms with E-state index in [4.69, 9.17) is 8.92 Å². The summed E-state index contributed by atoms with van der Waals surface area (Å²) >= 11 is 0. The van der Waals surface area contributed by atoms with E-state index in [0.717, 1.165) is 64.0 Å². The molecular weight excluding hydrogens is 527 g/mol. The summed E-state index contributed by atoms with van der Waals surface area (Å²) < 4.78 is 49.4. The molecule has 3 unspecified atom stereocenters. The molecule has 0 aliphatic heterocycles. The number of allylic oxidation sites excluding steroid dienone is 1. The van der Waals surface area contributed by atoms with Crippen molar-refractivity contribution in [2.24, 2.45) is 51.8 Å². The maximum absolute atomic E-state index is 15.9. The summed E-state index contributed by atoms with van der Waals surface area (Å²) in [5.41, 5.74) is 1.16. The van der Waals surface area contributed by atoms with E-state index in [-0.39, 0.29) is 41.3 Å². The van der Waals surface area contributed by atoms with Crippen molar-refractivity contribution in [3.8, 4) is 0 Å². The van der Waals surface area contributed by atoms with E-state index in [9.17, 15) is 13.2 Å². The van der Waals surface area contributed by atoms with Crippen LogP contribution in [-0.2, 0) is 23.8 Å². The van der Waals surface area contributed by atoms with Gasteiger partial charge in [-0.1, -0.05) is 52.2 Å². The molecule has 10 atom stereocenters. The molecule has 0 saturated heterocycles. The molecule has 0 N–H and O–H groups in total. The predicted molar refractivity (Wildman–Crippen MR) is 158 cm³/mol. The second kappa shape index (κ2) is 11.6. The number of fused-ring (bicyclic) bond motifs is 5. The van der Waals surface area contributed by atoms with Crippen molar-refractivity contribution in [1.82, 2.24) is 0 Å². The zero-order chi connectivity index (χ0) is 29.7. The molecule has 3 fully saturated rings. The number of carbonyl (C=O) groups is 1. The fourth-order valence-electron chi connectivity index (χ4n) is 9.36. The van der Waals surface area contributed by atoms with Crippen LogP contribution in [0.3, 0.4) is 0 Å². The second-order valence-electron chi connectivity index (χ2n) is 15.6. The Hall–Kier alpha value is -0.950. The molecule has 0 amide bonds. The van der Waals surface area contributed by atoms with Crippen LogP contribution in [0, 0.1) is 51.8 Å². The molecule has 5 nitrogen and oxygen atoms in total. The first-order valence-corrected chi connectivity index (χ1v) is 17.7. The highest BCUT2D eigenvalue weighted by molar-refractivity contribution is 7.85. The Morgan fingerprint density at radius 1 is 1.12 bits per heavy atom. The highest BCUT2D eigenvalue weighted by Crippen LogP contribution is 2.67. The largest absolute Gasteiger partial charge is 0.462 e. The second-order valence-corrected chi connectivity index (χ2v) is 17.2. The van der Waals surface area contributed by atoms with Crippen molar-refractivity contribution in [2.75, 3.05) is 12.9 Å². The van der Waals surface area contributed by atoms with Gasteiger partial charge in [0.05, 0.1) is 18.3 Å². The summed E-state index contributed by atoms with van der Waals surface area (Å²) in [6.07, 6.45) is 12.4. The summed E-state index contributed by atoms with van der Waals surface area (Å²) in [4.78, 5) is 12.5. The number of rotatable bonds is 9. The fourth-order valence-corrected chi connectivity index (χ4v) is 9.84. The van der Waals surface area contributed by atoms with Gasteiger partial charge in [0, 0.05) is 6.42 Å². The van der Waals surface area contributed by atoms with Gasteiger partial charge in [0.25, 0.3) is 10.1 Å². The van der Waals surface area contributed by atoms with E-state index in [1.807, 2.05) is 27.7 Å². The van der Waals surface area contributed by atoms with Crippen LogP contribution < -0.4 is 0 Å². The standard InChI is InChI=1S/C33H55FO5S/c1-21(20-38-40(8,36)37)10-9-11-22(2)29-28(34)19-27-25-13-12-23-18-24(39-30(35)31(3,4)5)14-16-32(23,6)26(25)15-17-33(27,29)7/h12,21-22,24-29H,9-11,13-20H2,1-8H3/t21-,22-,24?,25-,26?,27+,28-,29+,32?,33+/m1/s1. The SMILES string of the molecule is C[C@H](CCC[C@@H](C)[C@H]1[C@H](F)C[C@H]2[C@@H]3CC=C4CC(OC(=O)C(C)(C)C)CCC4(C)C3CC[C@]12C)COS(C)(=O)=O. The molecule has 7 heteroatoms. The van der Waals surface area contributed by atoms with Gasteiger partial charge in [-0.25, -0.2) is 4.39 Å². The van der Waals surface area contributed by atoms with Crippen molar-refractivity contribution >= 4 is 16.1 Å². The van der Waals surface area contributed by atoms with Gasteiger partial charge in [-0.2, -0.15) is 8.42 Å². The Morgan fingerprint density at radius 2 is 1.82 bits per heavy atom. The highest BCUT2D eigenvalue weighted by atomic mass is 32.2. The minimum absolute atomic E-state index is 0.0240. The maximum Gasteiger partial charge on any atom is 0.311 e. The van der Waals surface area contributed by atoms with Crippen LogP contribution in [0.25, 0.3) is 0 Å². The first-order valence-electron chi connectivity index (χ1n) is 15.8. The summed E-state index contributed by atoms with van der Waals surface area (Å²) in [6, 6.07) is 0. The number of hydrogen-bond donors (Lipinski definition) is 0. The van der Waals surface area contributed by atoms with E-state index >= 15 is 4.39 Å². The van der Waals surface area contributed by atoms with Crippen LogP contribution in [0.1, 0.15) is 113 Å². The molecule has 4 aliphatic carbocycles. The van der Waals surface area contributed by atoms with Crippen LogP contribution in [0.2, 0.25) is 0 Å². The molecule has 4 rings (SSSR count). The van der Waals surface area contributed by atoms with E-state index in [1.54, 1.807) is 0 Å². The van der Waals surface area contributed by atoms with Gasteiger partial charge < -0.3 is 4.74 Å². The maximum atomic E-state index is 15.9.